The molecule has 0 saturated heterocycles. The summed E-state index contributed by atoms with van der Waals surface area (Å²) < 4.78 is 5.40. The summed E-state index contributed by atoms with van der Waals surface area (Å²) in [6.07, 6.45) is 1.94. The molecule has 0 atom stereocenters. The molecule has 1 aromatic heterocycles. The first-order valence-corrected chi connectivity index (χ1v) is 10.5. The molecule has 7 heteroatoms. The van der Waals surface area contributed by atoms with E-state index >= 15 is 0 Å². The number of methoxy groups -OCH3 is 1. The van der Waals surface area contributed by atoms with Gasteiger partial charge in [-0.15, -0.1) is 0 Å². The standard InChI is InChI=1S/C24H24N6O/c1-29-13-21-22(14-29)27-24(30-11-16-4-6-20(31-2)8-18(16)12-30)28-23(21)26-19-5-3-15-9-25-10-17(15)7-19/h3-8,10H,9,11-14H2,1-2H3,(H,26,27,28). The van der Waals surface area contributed by atoms with Crippen molar-refractivity contribution >= 4 is 23.7 Å². The number of hydrogen-bond acceptors (Lipinski definition) is 7. The molecule has 4 heterocycles. The second kappa shape index (κ2) is 7.06. The number of fused-ring (bicyclic) bond motifs is 3. The molecule has 0 fully saturated rings. The Kier molecular flexibility index (Phi) is 4.17. The van der Waals surface area contributed by atoms with Crippen molar-refractivity contribution in [2.75, 3.05) is 24.4 Å². The summed E-state index contributed by atoms with van der Waals surface area (Å²) >= 11 is 0. The molecule has 3 aromatic rings. The molecule has 6 rings (SSSR count). The van der Waals surface area contributed by atoms with E-state index in [1.807, 2.05) is 12.3 Å². The van der Waals surface area contributed by atoms with Crippen LogP contribution in [-0.4, -0.2) is 35.2 Å². The van der Waals surface area contributed by atoms with Crippen LogP contribution in [0.1, 0.15) is 33.5 Å². The topological polar surface area (TPSA) is 65.9 Å². The van der Waals surface area contributed by atoms with Crippen LogP contribution in [0.2, 0.25) is 0 Å². The number of ether oxygens (including phenoxy) is 1. The first-order valence-electron chi connectivity index (χ1n) is 10.5. The minimum absolute atomic E-state index is 0.772. The number of aromatic nitrogens is 2. The Morgan fingerprint density at radius 1 is 0.935 bits per heavy atom. The SMILES string of the molecule is COc1ccc2c(c1)CN(c1nc3c(c(Nc4ccc5c(c4)C=NC5)n1)CN(C)C3)C2. The van der Waals surface area contributed by atoms with Gasteiger partial charge in [-0.05, 0) is 53.6 Å². The van der Waals surface area contributed by atoms with E-state index in [9.17, 15) is 0 Å². The van der Waals surface area contributed by atoms with Gasteiger partial charge in [0.2, 0.25) is 5.95 Å². The van der Waals surface area contributed by atoms with Gasteiger partial charge in [0, 0.05) is 43.6 Å². The second-order valence-electron chi connectivity index (χ2n) is 8.47. The van der Waals surface area contributed by atoms with E-state index in [-0.39, 0.29) is 0 Å². The van der Waals surface area contributed by atoms with Gasteiger partial charge in [-0.25, -0.2) is 4.98 Å². The number of rotatable bonds is 4. The number of anilines is 3. The fourth-order valence-electron chi connectivity index (χ4n) is 4.60. The highest BCUT2D eigenvalue weighted by molar-refractivity contribution is 5.86. The van der Waals surface area contributed by atoms with Crippen LogP contribution in [0.5, 0.6) is 5.75 Å². The van der Waals surface area contributed by atoms with Crippen molar-refractivity contribution in [3.63, 3.8) is 0 Å². The molecule has 0 radical (unpaired) electrons. The number of aliphatic imine (C=N–C) groups is 1. The smallest absolute Gasteiger partial charge is 0.228 e. The van der Waals surface area contributed by atoms with Crippen LogP contribution in [0.4, 0.5) is 17.5 Å². The van der Waals surface area contributed by atoms with Gasteiger partial charge in [0.05, 0.1) is 19.3 Å². The molecular formula is C24H24N6O. The minimum atomic E-state index is 0.772. The molecule has 0 saturated carbocycles. The summed E-state index contributed by atoms with van der Waals surface area (Å²) in [7, 11) is 3.83. The van der Waals surface area contributed by atoms with E-state index in [0.717, 1.165) is 61.6 Å². The van der Waals surface area contributed by atoms with Gasteiger partial charge in [0.25, 0.3) is 0 Å². The van der Waals surface area contributed by atoms with Gasteiger partial charge in [0.1, 0.15) is 11.6 Å². The van der Waals surface area contributed by atoms with Gasteiger partial charge in [-0.3, -0.25) is 9.89 Å². The molecule has 1 N–H and O–H groups in total. The quantitative estimate of drug-likeness (QED) is 0.706. The van der Waals surface area contributed by atoms with Crippen LogP contribution in [0, 0.1) is 0 Å². The van der Waals surface area contributed by atoms with E-state index in [1.54, 1.807) is 7.11 Å². The van der Waals surface area contributed by atoms with Gasteiger partial charge >= 0.3 is 0 Å². The predicted molar refractivity (Wildman–Crippen MR) is 121 cm³/mol. The van der Waals surface area contributed by atoms with Crippen molar-refractivity contribution < 1.29 is 4.74 Å². The lowest BCUT2D eigenvalue weighted by Crippen LogP contribution is -2.19. The molecule has 0 bridgehead atoms. The van der Waals surface area contributed by atoms with Crippen LogP contribution in [0.25, 0.3) is 0 Å². The van der Waals surface area contributed by atoms with Crippen molar-refractivity contribution in [1.29, 1.82) is 0 Å². The van der Waals surface area contributed by atoms with Crippen LogP contribution in [-0.2, 0) is 32.7 Å². The Bertz CT molecular complexity index is 1220. The Hall–Kier alpha value is -3.45. The fraction of sp³-hybridized carbons (Fsp3) is 0.292. The van der Waals surface area contributed by atoms with Gasteiger partial charge in [-0.1, -0.05) is 12.1 Å². The third-order valence-electron chi connectivity index (χ3n) is 6.25. The molecular weight excluding hydrogens is 388 g/mol. The zero-order valence-corrected chi connectivity index (χ0v) is 17.7. The summed E-state index contributed by atoms with van der Waals surface area (Å²) in [4.78, 5) is 18.8. The zero-order valence-electron chi connectivity index (χ0n) is 17.7. The molecule has 7 nitrogen and oxygen atoms in total. The van der Waals surface area contributed by atoms with Gasteiger partial charge in [-0.2, -0.15) is 4.98 Å². The minimum Gasteiger partial charge on any atom is -0.497 e. The predicted octanol–water partition coefficient (Wildman–Crippen LogP) is 3.63. The van der Waals surface area contributed by atoms with Gasteiger partial charge < -0.3 is 15.0 Å². The van der Waals surface area contributed by atoms with Crippen LogP contribution >= 0.6 is 0 Å². The van der Waals surface area contributed by atoms with Crippen molar-refractivity contribution in [2.45, 2.75) is 32.7 Å². The lowest BCUT2D eigenvalue weighted by molar-refractivity contribution is 0.351. The average Bonchev–Trinajstić information content (AvgIpc) is 3.49. The number of hydrogen-bond donors (Lipinski definition) is 1. The maximum absolute atomic E-state index is 5.40. The first-order chi connectivity index (χ1) is 15.2. The lowest BCUT2D eigenvalue weighted by Gasteiger charge is -2.19. The normalized spacial score (nSPS) is 16.4. The highest BCUT2D eigenvalue weighted by Crippen LogP contribution is 2.34. The van der Waals surface area contributed by atoms with E-state index in [1.165, 1.54) is 27.8 Å². The highest BCUT2D eigenvalue weighted by atomic mass is 16.5. The van der Waals surface area contributed by atoms with Crippen LogP contribution in [0.15, 0.2) is 41.4 Å². The maximum Gasteiger partial charge on any atom is 0.228 e. The molecule has 0 aliphatic carbocycles. The van der Waals surface area contributed by atoms with E-state index in [2.05, 4.69) is 57.5 Å². The van der Waals surface area contributed by atoms with Crippen LogP contribution < -0.4 is 15.0 Å². The summed E-state index contributed by atoms with van der Waals surface area (Å²) in [5.74, 6) is 2.56. The van der Waals surface area contributed by atoms with E-state index in [4.69, 9.17) is 14.7 Å². The Morgan fingerprint density at radius 2 is 1.81 bits per heavy atom. The van der Waals surface area contributed by atoms with Crippen molar-refractivity contribution in [3.05, 3.63) is 69.9 Å². The molecule has 31 heavy (non-hydrogen) atoms. The number of nitrogens with zero attached hydrogens (tertiary/aromatic N) is 5. The van der Waals surface area contributed by atoms with E-state index in [0.29, 0.717) is 0 Å². The molecule has 2 aromatic carbocycles. The van der Waals surface area contributed by atoms with Crippen molar-refractivity contribution in [1.82, 2.24) is 14.9 Å². The molecule has 0 spiro atoms. The Morgan fingerprint density at radius 3 is 2.71 bits per heavy atom. The largest absolute Gasteiger partial charge is 0.497 e. The summed E-state index contributed by atoms with van der Waals surface area (Å²) in [6.45, 7) is 4.05. The third kappa shape index (κ3) is 3.21. The monoisotopic (exact) mass is 412 g/mol. The Balaban J connectivity index is 1.34. The number of benzene rings is 2. The zero-order chi connectivity index (χ0) is 20.9. The molecule has 3 aliphatic rings. The van der Waals surface area contributed by atoms with Crippen LogP contribution in [0.3, 0.4) is 0 Å². The molecule has 156 valence electrons. The third-order valence-corrected chi connectivity index (χ3v) is 6.25. The average molecular weight is 412 g/mol. The molecule has 3 aliphatic heterocycles. The maximum atomic E-state index is 5.40. The summed E-state index contributed by atoms with van der Waals surface area (Å²) in [6, 6.07) is 12.7. The summed E-state index contributed by atoms with van der Waals surface area (Å²) in [5, 5.41) is 3.57. The lowest BCUT2D eigenvalue weighted by atomic mass is 10.1. The molecule has 0 amide bonds. The van der Waals surface area contributed by atoms with Gasteiger partial charge in [0.15, 0.2) is 0 Å². The van der Waals surface area contributed by atoms with E-state index < -0.39 is 0 Å². The fourth-order valence-corrected chi connectivity index (χ4v) is 4.60. The second-order valence-corrected chi connectivity index (χ2v) is 8.47. The summed E-state index contributed by atoms with van der Waals surface area (Å²) in [5.41, 5.74) is 8.33. The molecule has 0 unspecified atom stereocenters. The highest BCUT2D eigenvalue weighted by Gasteiger charge is 2.27. The Labute approximate surface area is 181 Å². The first kappa shape index (κ1) is 18.3. The number of nitrogens with one attached hydrogen (secondary N) is 1. The van der Waals surface area contributed by atoms with Crippen molar-refractivity contribution in [2.24, 2.45) is 4.99 Å². The van der Waals surface area contributed by atoms with Crippen molar-refractivity contribution in [3.8, 4) is 5.75 Å².